The first-order chi connectivity index (χ1) is 9.59. The Morgan fingerprint density at radius 1 is 0.810 bits per heavy atom. The average molecular weight is 307 g/mol. The van der Waals surface area contributed by atoms with Gasteiger partial charge in [0.25, 0.3) is 0 Å². The summed E-state index contributed by atoms with van der Waals surface area (Å²) in [4.78, 5) is 0. The van der Waals surface area contributed by atoms with E-state index in [4.69, 9.17) is 0 Å². The molecule has 0 aliphatic rings. The highest BCUT2D eigenvalue weighted by Gasteiger charge is 2.38. The second-order valence-electron chi connectivity index (χ2n) is 4.18. The molecule has 2 aromatic carbocycles. The van der Waals surface area contributed by atoms with E-state index in [9.17, 15) is 30.7 Å². The summed E-state index contributed by atoms with van der Waals surface area (Å²) in [7, 11) is 0. The summed E-state index contributed by atoms with van der Waals surface area (Å²) in [5, 5.41) is 0. The lowest BCUT2D eigenvalue weighted by Crippen LogP contribution is -2.12. The molecule has 2 rings (SSSR count). The van der Waals surface area contributed by atoms with Crippen LogP contribution in [0.25, 0.3) is 11.1 Å². The summed E-state index contributed by atoms with van der Waals surface area (Å²) < 4.78 is 89.4. The van der Waals surface area contributed by atoms with Crippen molar-refractivity contribution in [3.8, 4) is 11.1 Å². The molecule has 1 radical (unpaired) electrons. The lowest BCUT2D eigenvalue weighted by Gasteiger charge is -2.16. The van der Waals surface area contributed by atoms with E-state index in [-0.39, 0.29) is 11.6 Å². The maximum absolute atomic E-state index is 13.1. The number of hydrogen-bond donors (Lipinski definition) is 0. The van der Waals surface area contributed by atoms with Gasteiger partial charge < -0.3 is 0 Å². The van der Waals surface area contributed by atoms with E-state index in [1.165, 1.54) is 0 Å². The molecule has 0 unspecified atom stereocenters. The van der Waals surface area contributed by atoms with Crippen LogP contribution in [0, 0.1) is 11.9 Å². The van der Waals surface area contributed by atoms with Crippen molar-refractivity contribution in [2.24, 2.45) is 0 Å². The van der Waals surface area contributed by atoms with Gasteiger partial charge in [-0.25, -0.2) is 4.39 Å². The third-order valence-corrected chi connectivity index (χ3v) is 2.71. The van der Waals surface area contributed by atoms with Crippen LogP contribution in [-0.4, -0.2) is 0 Å². The van der Waals surface area contributed by atoms with E-state index >= 15 is 0 Å². The second-order valence-corrected chi connectivity index (χ2v) is 4.18. The second kappa shape index (κ2) is 5.05. The van der Waals surface area contributed by atoms with Crippen molar-refractivity contribution in [2.75, 3.05) is 0 Å². The molecule has 0 aliphatic heterocycles. The van der Waals surface area contributed by atoms with Gasteiger partial charge in [0.2, 0.25) is 0 Å². The van der Waals surface area contributed by atoms with E-state index in [0.717, 1.165) is 18.2 Å². The zero-order chi connectivity index (χ0) is 15.8. The Kier molecular flexibility index (Phi) is 3.69. The SMILES string of the molecule is Fc1cc[c]c(-c2ccc(C(F)(F)F)cc2C(F)(F)F)c1. The molecule has 0 nitrogen and oxygen atoms in total. The molecule has 0 atom stereocenters. The minimum Gasteiger partial charge on any atom is -0.207 e. The Balaban J connectivity index is 2.67. The largest absolute Gasteiger partial charge is 0.417 e. The summed E-state index contributed by atoms with van der Waals surface area (Å²) in [6, 6.07) is 6.37. The van der Waals surface area contributed by atoms with Crippen LogP contribution in [0.3, 0.4) is 0 Å². The highest BCUT2D eigenvalue weighted by atomic mass is 19.4. The smallest absolute Gasteiger partial charge is 0.207 e. The summed E-state index contributed by atoms with van der Waals surface area (Å²) in [5.41, 5.74) is -3.74. The molecule has 7 heteroatoms. The Morgan fingerprint density at radius 2 is 1.48 bits per heavy atom. The van der Waals surface area contributed by atoms with Gasteiger partial charge in [-0.2, -0.15) is 26.3 Å². The van der Waals surface area contributed by atoms with Crippen molar-refractivity contribution in [1.29, 1.82) is 0 Å². The average Bonchev–Trinajstić information content (AvgIpc) is 2.36. The molecule has 0 saturated heterocycles. The summed E-state index contributed by atoms with van der Waals surface area (Å²) in [5.74, 6) is -0.809. The molecule has 2 aromatic rings. The summed E-state index contributed by atoms with van der Waals surface area (Å²) >= 11 is 0. The van der Waals surface area contributed by atoms with Crippen LogP contribution < -0.4 is 0 Å². The monoisotopic (exact) mass is 307 g/mol. The summed E-state index contributed by atoms with van der Waals surface area (Å²) in [6.07, 6.45) is -9.90. The molecule has 0 fully saturated rings. The standard InChI is InChI=1S/C14H6F7/c15-10-3-1-2-8(6-10)11-5-4-9(13(16,17)18)7-12(11)14(19,20)21/h1,3-7H. The third kappa shape index (κ3) is 3.34. The predicted molar refractivity (Wildman–Crippen MR) is 60.7 cm³/mol. The van der Waals surface area contributed by atoms with E-state index in [2.05, 4.69) is 6.07 Å². The molecule has 111 valence electrons. The predicted octanol–water partition coefficient (Wildman–Crippen LogP) is 5.33. The topological polar surface area (TPSA) is 0 Å². The van der Waals surface area contributed by atoms with Gasteiger partial charge in [0.05, 0.1) is 11.1 Å². The van der Waals surface area contributed by atoms with Gasteiger partial charge in [-0.1, -0.05) is 12.1 Å². The Bertz CT molecular complexity index is 653. The quantitative estimate of drug-likeness (QED) is 0.625. The molecule has 0 N–H and O–H groups in total. The van der Waals surface area contributed by atoms with E-state index < -0.39 is 34.9 Å². The van der Waals surface area contributed by atoms with Gasteiger partial charge >= 0.3 is 12.4 Å². The van der Waals surface area contributed by atoms with E-state index in [0.29, 0.717) is 12.1 Å². The minimum atomic E-state index is -5.00. The van der Waals surface area contributed by atoms with Crippen LogP contribution >= 0.6 is 0 Å². The van der Waals surface area contributed by atoms with Crippen LogP contribution in [0.1, 0.15) is 11.1 Å². The maximum atomic E-state index is 13.1. The zero-order valence-corrected chi connectivity index (χ0v) is 10.1. The van der Waals surface area contributed by atoms with Crippen LogP contribution in [0.4, 0.5) is 30.7 Å². The van der Waals surface area contributed by atoms with Crippen LogP contribution in [-0.2, 0) is 12.4 Å². The molecule has 0 aromatic heterocycles. The lowest BCUT2D eigenvalue weighted by atomic mass is 9.97. The fraction of sp³-hybridized carbons (Fsp3) is 0.143. The van der Waals surface area contributed by atoms with Crippen molar-refractivity contribution in [2.45, 2.75) is 12.4 Å². The summed E-state index contributed by atoms with van der Waals surface area (Å²) in [6.45, 7) is 0. The molecular weight excluding hydrogens is 301 g/mol. The molecule has 21 heavy (non-hydrogen) atoms. The minimum absolute atomic E-state index is 0.00801. The molecule has 0 bridgehead atoms. The Labute approximate surface area is 114 Å². The van der Waals surface area contributed by atoms with Crippen molar-refractivity contribution in [1.82, 2.24) is 0 Å². The molecular formula is C14H6F7. The first-order valence-electron chi connectivity index (χ1n) is 5.55. The number of hydrogen-bond acceptors (Lipinski definition) is 0. The zero-order valence-electron chi connectivity index (χ0n) is 10.1. The molecule has 0 amide bonds. The fourth-order valence-corrected chi connectivity index (χ4v) is 1.78. The number of halogens is 7. The van der Waals surface area contributed by atoms with Gasteiger partial charge in [0.1, 0.15) is 5.82 Å². The maximum Gasteiger partial charge on any atom is 0.417 e. The van der Waals surface area contributed by atoms with Gasteiger partial charge in [-0.3, -0.25) is 0 Å². The van der Waals surface area contributed by atoms with Crippen molar-refractivity contribution in [3.05, 3.63) is 59.4 Å². The first-order valence-corrected chi connectivity index (χ1v) is 5.55. The Morgan fingerprint density at radius 3 is 2.00 bits per heavy atom. The first kappa shape index (κ1) is 15.3. The van der Waals surface area contributed by atoms with Gasteiger partial charge in [-0.15, -0.1) is 0 Å². The fourth-order valence-electron chi connectivity index (χ4n) is 1.78. The van der Waals surface area contributed by atoms with Crippen LogP contribution in [0.15, 0.2) is 36.4 Å². The van der Waals surface area contributed by atoms with Crippen LogP contribution in [0.2, 0.25) is 0 Å². The number of benzene rings is 2. The van der Waals surface area contributed by atoms with E-state index in [1.54, 1.807) is 0 Å². The van der Waals surface area contributed by atoms with Gasteiger partial charge in [0.15, 0.2) is 0 Å². The van der Waals surface area contributed by atoms with Crippen molar-refractivity contribution in [3.63, 3.8) is 0 Å². The normalized spacial score (nSPS) is 12.5. The molecule has 0 saturated carbocycles. The van der Waals surface area contributed by atoms with Gasteiger partial charge in [0, 0.05) is 0 Å². The third-order valence-electron chi connectivity index (χ3n) is 2.71. The van der Waals surface area contributed by atoms with Crippen LogP contribution in [0.5, 0.6) is 0 Å². The molecule has 0 spiro atoms. The number of rotatable bonds is 1. The lowest BCUT2D eigenvalue weighted by molar-refractivity contribution is -0.142. The molecule has 0 aliphatic carbocycles. The Hall–Kier alpha value is -2.05. The van der Waals surface area contributed by atoms with E-state index in [1.807, 2.05) is 0 Å². The van der Waals surface area contributed by atoms with Gasteiger partial charge in [-0.05, 0) is 41.5 Å². The highest BCUT2D eigenvalue weighted by molar-refractivity contribution is 5.68. The number of alkyl halides is 6. The van der Waals surface area contributed by atoms with Crippen molar-refractivity contribution < 1.29 is 30.7 Å². The van der Waals surface area contributed by atoms with Crippen molar-refractivity contribution >= 4 is 0 Å². The molecule has 0 heterocycles. The highest BCUT2D eigenvalue weighted by Crippen LogP contribution is 2.40.